The van der Waals surface area contributed by atoms with E-state index >= 15 is 0 Å². The second kappa shape index (κ2) is 37.1. The number of nitrogens with one attached hydrogen (secondary N) is 1. The first-order chi connectivity index (χ1) is 20.5. The molecule has 45 heavy (non-hydrogen) atoms. The number of carbonyl (C=O) groups excluding carboxylic acids is 2. The molecule has 0 saturated heterocycles. The van der Waals surface area contributed by atoms with Gasteiger partial charge in [-0.25, -0.2) is 9.59 Å². The Morgan fingerprint density at radius 3 is 1.82 bits per heavy atom. The van der Waals surface area contributed by atoms with E-state index in [0.29, 0.717) is 46.0 Å². The van der Waals surface area contributed by atoms with Crippen LogP contribution in [0, 0.1) is 0 Å². The van der Waals surface area contributed by atoms with Crippen LogP contribution < -0.4 is 5.32 Å². The van der Waals surface area contributed by atoms with E-state index in [-0.39, 0.29) is 34.9 Å². The van der Waals surface area contributed by atoms with E-state index in [1.54, 1.807) is 7.11 Å². The summed E-state index contributed by atoms with van der Waals surface area (Å²) in [5, 5.41) is 3.26. The minimum absolute atomic E-state index is 0. The number of ether oxygens (including phenoxy) is 4. The second-order valence-corrected chi connectivity index (χ2v) is 8.58. The molecule has 10 heteroatoms. The van der Waals surface area contributed by atoms with E-state index < -0.39 is 5.97 Å². The standard InChI is InChI=1S/C13H19NO3.C10H18O5.C9H13N.3CH4/c1-3-14(10-9-13(15)17-16-2)11-12-7-5-4-6-8-12;1-3-10(11)15-9-8-14-7-6-13-5-4-12-2;1-2-10-8-9-6-4-3-5-7-9;;;/h4-8H,3,9-11H2,1-2H3;3H,1,4-9H2,2H3;3-7,10H,2,8H2,1H3;3*1H4. The molecule has 0 bridgehead atoms. The van der Waals surface area contributed by atoms with Crippen LogP contribution >= 0.6 is 0 Å². The Kier molecular flexibility index (Phi) is 40.2. The molecule has 0 aromatic heterocycles. The van der Waals surface area contributed by atoms with Crippen molar-refractivity contribution in [1.82, 2.24) is 10.2 Å². The molecule has 0 spiro atoms. The molecule has 1 N–H and O–H groups in total. The zero-order chi connectivity index (χ0) is 31.1. The number of carbonyl (C=O) groups is 2. The van der Waals surface area contributed by atoms with Gasteiger partial charge in [0.15, 0.2) is 0 Å². The van der Waals surface area contributed by atoms with Crippen LogP contribution in [0.2, 0.25) is 0 Å². The van der Waals surface area contributed by atoms with Gasteiger partial charge in [0.1, 0.15) is 6.61 Å². The van der Waals surface area contributed by atoms with Gasteiger partial charge < -0.3 is 24.3 Å². The van der Waals surface area contributed by atoms with E-state index in [0.717, 1.165) is 32.3 Å². The lowest BCUT2D eigenvalue weighted by Gasteiger charge is -2.19. The Balaban J connectivity index is -0.000000279. The van der Waals surface area contributed by atoms with Crippen LogP contribution in [0.25, 0.3) is 0 Å². The predicted molar refractivity (Wildman–Crippen MR) is 184 cm³/mol. The summed E-state index contributed by atoms with van der Waals surface area (Å²) in [4.78, 5) is 32.7. The second-order valence-electron chi connectivity index (χ2n) is 8.58. The largest absolute Gasteiger partial charge is 0.460 e. The van der Waals surface area contributed by atoms with Crippen molar-refractivity contribution in [2.24, 2.45) is 0 Å². The van der Waals surface area contributed by atoms with Crippen LogP contribution in [0.5, 0.6) is 0 Å². The van der Waals surface area contributed by atoms with E-state index in [1.165, 1.54) is 18.2 Å². The van der Waals surface area contributed by atoms with Crippen molar-refractivity contribution in [3.8, 4) is 0 Å². The third-order valence-electron chi connectivity index (χ3n) is 5.37. The number of methoxy groups -OCH3 is 1. The molecule has 0 aliphatic heterocycles. The van der Waals surface area contributed by atoms with Gasteiger partial charge in [0.05, 0.1) is 46.6 Å². The molecule has 0 radical (unpaired) electrons. The van der Waals surface area contributed by atoms with Crippen molar-refractivity contribution in [3.63, 3.8) is 0 Å². The average Bonchev–Trinajstić information content (AvgIpc) is 3.03. The van der Waals surface area contributed by atoms with Crippen LogP contribution in [0.1, 0.15) is 53.7 Å². The molecule has 0 aliphatic rings. The Bertz CT molecular complexity index is 901. The summed E-state index contributed by atoms with van der Waals surface area (Å²) in [6.07, 6.45) is 1.46. The van der Waals surface area contributed by atoms with Gasteiger partial charge in [-0.15, -0.1) is 0 Å². The minimum atomic E-state index is -0.435. The summed E-state index contributed by atoms with van der Waals surface area (Å²) in [6, 6.07) is 20.6. The quantitative estimate of drug-likeness (QED) is 0.0601. The van der Waals surface area contributed by atoms with Crippen LogP contribution in [0.4, 0.5) is 0 Å². The smallest absolute Gasteiger partial charge is 0.343 e. The van der Waals surface area contributed by atoms with Gasteiger partial charge in [-0.3, -0.25) is 9.79 Å². The molecule has 0 atom stereocenters. The highest BCUT2D eigenvalue weighted by molar-refractivity contribution is 5.81. The Hall–Kier alpha value is -3.12. The Morgan fingerprint density at radius 1 is 0.800 bits per heavy atom. The van der Waals surface area contributed by atoms with Crippen LogP contribution in [0.3, 0.4) is 0 Å². The monoisotopic (exact) mass is 638 g/mol. The first kappa shape index (κ1) is 48.8. The van der Waals surface area contributed by atoms with Crippen LogP contribution in [-0.2, 0) is 51.4 Å². The highest BCUT2D eigenvalue weighted by Crippen LogP contribution is 2.05. The number of hydrogen-bond acceptors (Lipinski definition) is 10. The third kappa shape index (κ3) is 32.1. The molecule has 0 heterocycles. The fourth-order valence-corrected chi connectivity index (χ4v) is 3.16. The lowest BCUT2D eigenvalue weighted by atomic mass is 10.2. The van der Waals surface area contributed by atoms with Crippen molar-refractivity contribution in [3.05, 3.63) is 84.4 Å². The predicted octanol–water partition coefficient (Wildman–Crippen LogP) is 6.10. The molecule has 2 aromatic carbocycles. The lowest BCUT2D eigenvalue weighted by Crippen LogP contribution is -2.26. The molecule has 0 fully saturated rings. The van der Waals surface area contributed by atoms with Gasteiger partial charge in [-0.1, -0.05) is 103 Å². The fourth-order valence-electron chi connectivity index (χ4n) is 3.16. The third-order valence-corrected chi connectivity index (χ3v) is 5.37. The zero-order valence-electron chi connectivity index (χ0n) is 25.8. The number of esters is 1. The zero-order valence-corrected chi connectivity index (χ0v) is 25.8. The summed E-state index contributed by atoms with van der Waals surface area (Å²) in [6.45, 7) is 14.6. The summed E-state index contributed by atoms with van der Waals surface area (Å²) in [7, 11) is 2.95. The summed E-state index contributed by atoms with van der Waals surface area (Å²) in [5.74, 6) is -0.769. The molecule has 0 saturated carbocycles. The lowest BCUT2D eigenvalue weighted by molar-refractivity contribution is -0.255. The molecule has 260 valence electrons. The van der Waals surface area contributed by atoms with Gasteiger partial charge >= 0.3 is 11.9 Å². The molecular formula is C35H62N2O8. The first-order valence-corrected chi connectivity index (χ1v) is 14.2. The Labute approximate surface area is 273 Å². The topological polar surface area (TPSA) is 105 Å². The first-order valence-electron chi connectivity index (χ1n) is 14.2. The molecule has 0 amide bonds. The van der Waals surface area contributed by atoms with Crippen LogP contribution in [-0.4, -0.2) is 90.3 Å². The molecule has 2 rings (SSSR count). The maximum atomic E-state index is 11.1. The highest BCUT2D eigenvalue weighted by atomic mass is 17.2. The summed E-state index contributed by atoms with van der Waals surface area (Å²) in [5.41, 5.74) is 2.60. The number of benzene rings is 2. The SMILES string of the molecule is C.C.C.C=CC(=O)OCCOCCOCCOC.CCN(CCC(=O)OOC)Cc1ccccc1.CCNCc1ccccc1. The number of nitrogens with zero attached hydrogens (tertiary/aromatic N) is 1. The fraction of sp³-hybridized carbons (Fsp3) is 0.543. The summed E-state index contributed by atoms with van der Waals surface area (Å²) >= 11 is 0. The van der Waals surface area contributed by atoms with E-state index in [9.17, 15) is 9.59 Å². The van der Waals surface area contributed by atoms with Gasteiger partial charge in [-0.2, -0.15) is 4.89 Å². The molecule has 2 aromatic rings. The van der Waals surface area contributed by atoms with E-state index in [2.05, 4.69) is 76.8 Å². The molecular weight excluding hydrogens is 576 g/mol. The van der Waals surface area contributed by atoms with E-state index in [4.69, 9.17) is 18.9 Å². The van der Waals surface area contributed by atoms with Gasteiger partial charge in [0.25, 0.3) is 0 Å². The van der Waals surface area contributed by atoms with Gasteiger partial charge in [0, 0.05) is 32.8 Å². The number of rotatable bonds is 20. The maximum absolute atomic E-state index is 11.1. The van der Waals surface area contributed by atoms with Crippen molar-refractivity contribution >= 4 is 11.9 Å². The molecule has 0 unspecified atom stereocenters. The average molecular weight is 639 g/mol. The van der Waals surface area contributed by atoms with E-state index in [1.807, 2.05) is 24.3 Å². The van der Waals surface area contributed by atoms with Crippen molar-refractivity contribution < 1.29 is 38.3 Å². The molecule has 10 nitrogen and oxygen atoms in total. The maximum Gasteiger partial charge on any atom is 0.343 e. The minimum Gasteiger partial charge on any atom is -0.460 e. The van der Waals surface area contributed by atoms with Crippen molar-refractivity contribution in [2.45, 2.75) is 55.6 Å². The van der Waals surface area contributed by atoms with Gasteiger partial charge in [-0.05, 0) is 24.2 Å². The van der Waals surface area contributed by atoms with Crippen LogP contribution in [0.15, 0.2) is 73.3 Å². The normalized spacial score (nSPS) is 9.44. The van der Waals surface area contributed by atoms with Gasteiger partial charge in [0.2, 0.25) is 0 Å². The highest BCUT2D eigenvalue weighted by Gasteiger charge is 2.08. The Morgan fingerprint density at radius 2 is 1.33 bits per heavy atom. The summed E-state index contributed by atoms with van der Waals surface area (Å²) < 4.78 is 19.8. The molecule has 0 aliphatic carbocycles. The number of hydrogen-bond donors (Lipinski definition) is 1. The van der Waals surface area contributed by atoms with Crippen molar-refractivity contribution in [2.75, 3.05) is 73.5 Å². The van der Waals surface area contributed by atoms with Crippen molar-refractivity contribution in [1.29, 1.82) is 0 Å².